The Bertz CT molecular complexity index is 1080. The fourth-order valence-electron chi connectivity index (χ4n) is 5.37. The van der Waals surface area contributed by atoms with E-state index < -0.39 is 11.7 Å². The molecule has 2 amide bonds. The number of carbonyl (C=O) groups excluding carboxylic acids is 2. The Morgan fingerprint density at radius 1 is 0.914 bits per heavy atom. The maximum atomic E-state index is 13.0. The first kappa shape index (κ1) is 23.8. The lowest BCUT2D eigenvalue weighted by atomic mass is 9.82. The summed E-state index contributed by atoms with van der Waals surface area (Å²) < 4.78 is 39.1. The van der Waals surface area contributed by atoms with Gasteiger partial charge in [-0.05, 0) is 48.2 Å². The number of nitrogens with zero attached hydrogens (tertiary/aromatic N) is 2. The van der Waals surface area contributed by atoms with Crippen LogP contribution in [0, 0.1) is 5.92 Å². The van der Waals surface area contributed by atoms with Gasteiger partial charge in [0, 0.05) is 37.8 Å². The molecule has 2 saturated heterocycles. The molecule has 5 rings (SSSR count). The lowest BCUT2D eigenvalue weighted by Gasteiger charge is -2.46. The minimum atomic E-state index is -4.40. The maximum absolute atomic E-state index is 13.0. The first-order chi connectivity index (χ1) is 16.8. The van der Waals surface area contributed by atoms with E-state index in [9.17, 15) is 22.8 Å². The molecule has 2 N–H and O–H groups in total. The topological polar surface area (TPSA) is 64.7 Å². The van der Waals surface area contributed by atoms with E-state index in [2.05, 4.69) is 15.5 Å². The van der Waals surface area contributed by atoms with Crippen LogP contribution in [-0.2, 0) is 11.0 Å². The molecule has 1 aliphatic carbocycles. The standard InChI is InChI=1S/C26H29F3N4O2/c27-26(28,29)20-5-3-4-19(16-20)17-8-10-18(11-9-17)24(35)32-12-14-33(15-13-32)25-30-22-7-2-1-6-21(22)23(34)31-25/h3-5,8-11,16,21-22,25,30H,1-2,6-7,12-15H2,(H,31,34). The quantitative estimate of drug-likeness (QED) is 0.695. The normalized spacial score (nSPS) is 25.6. The van der Waals surface area contributed by atoms with Crippen molar-refractivity contribution in [1.82, 2.24) is 20.4 Å². The second-order valence-corrected chi connectivity index (χ2v) is 9.56. The molecule has 3 fully saturated rings. The average Bonchev–Trinajstić information content (AvgIpc) is 2.88. The molecule has 0 spiro atoms. The smallest absolute Gasteiger partial charge is 0.336 e. The van der Waals surface area contributed by atoms with Crippen LogP contribution < -0.4 is 10.6 Å². The van der Waals surface area contributed by atoms with Crippen molar-refractivity contribution in [2.75, 3.05) is 26.2 Å². The zero-order valence-corrected chi connectivity index (χ0v) is 19.4. The van der Waals surface area contributed by atoms with Crippen LogP contribution in [0.2, 0.25) is 0 Å². The summed E-state index contributed by atoms with van der Waals surface area (Å²) in [6.07, 6.45) is -0.409. The van der Waals surface area contributed by atoms with Gasteiger partial charge in [0.1, 0.15) is 6.29 Å². The SMILES string of the molecule is O=C1NC(N2CCN(C(=O)c3ccc(-c4cccc(C(F)(F)F)c4)cc3)CC2)NC2CCCCC12. The number of fused-ring (bicyclic) bond motifs is 1. The Hall–Kier alpha value is -2.91. The summed E-state index contributed by atoms with van der Waals surface area (Å²) >= 11 is 0. The van der Waals surface area contributed by atoms with E-state index >= 15 is 0 Å². The van der Waals surface area contributed by atoms with Crippen molar-refractivity contribution in [1.29, 1.82) is 0 Å². The molecule has 0 aromatic heterocycles. The summed E-state index contributed by atoms with van der Waals surface area (Å²) in [6, 6.07) is 12.1. The molecule has 35 heavy (non-hydrogen) atoms. The van der Waals surface area contributed by atoms with E-state index in [4.69, 9.17) is 0 Å². The van der Waals surface area contributed by atoms with Crippen LogP contribution in [-0.4, -0.2) is 60.1 Å². The zero-order valence-electron chi connectivity index (χ0n) is 19.4. The second-order valence-electron chi connectivity index (χ2n) is 9.56. The Labute approximate surface area is 202 Å². The summed E-state index contributed by atoms with van der Waals surface area (Å²) in [6.45, 7) is 2.36. The monoisotopic (exact) mass is 486 g/mol. The van der Waals surface area contributed by atoms with E-state index in [0.717, 1.165) is 37.8 Å². The third kappa shape index (κ3) is 5.06. The molecule has 3 atom stereocenters. The molecule has 9 heteroatoms. The molecule has 2 aromatic carbocycles. The lowest BCUT2D eigenvalue weighted by Crippen LogP contribution is -2.69. The van der Waals surface area contributed by atoms with E-state index in [1.807, 2.05) is 0 Å². The number of carbonyl (C=O) groups is 2. The van der Waals surface area contributed by atoms with E-state index in [-0.39, 0.29) is 30.1 Å². The first-order valence-corrected chi connectivity index (χ1v) is 12.2. The summed E-state index contributed by atoms with van der Waals surface area (Å²) in [4.78, 5) is 29.5. The van der Waals surface area contributed by atoms with Gasteiger partial charge in [-0.3, -0.25) is 19.8 Å². The summed E-state index contributed by atoms with van der Waals surface area (Å²) in [5.74, 6) is 0.0767. The molecule has 2 aliphatic heterocycles. The minimum Gasteiger partial charge on any atom is -0.336 e. The molecule has 1 saturated carbocycles. The number of nitrogens with one attached hydrogen (secondary N) is 2. The highest BCUT2D eigenvalue weighted by Gasteiger charge is 2.40. The van der Waals surface area contributed by atoms with E-state index in [1.165, 1.54) is 6.07 Å². The molecular formula is C26H29F3N4O2. The van der Waals surface area contributed by atoms with Gasteiger partial charge in [-0.1, -0.05) is 37.1 Å². The van der Waals surface area contributed by atoms with E-state index in [1.54, 1.807) is 35.2 Å². The van der Waals surface area contributed by atoms with Crippen LogP contribution >= 0.6 is 0 Å². The van der Waals surface area contributed by atoms with Crippen LogP contribution in [0.5, 0.6) is 0 Å². The second kappa shape index (κ2) is 9.62. The van der Waals surface area contributed by atoms with Gasteiger partial charge in [-0.2, -0.15) is 13.2 Å². The van der Waals surface area contributed by atoms with Crippen LogP contribution in [0.25, 0.3) is 11.1 Å². The van der Waals surface area contributed by atoms with Crippen LogP contribution in [0.4, 0.5) is 13.2 Å². The van der Waals surface area contributed by atoms with Crippen molar-refractivity contribution >= 4 is 11.8 Å². The lowest BCUT2D eigenvalue weighted by molar-refractivity contribution is -0.137. The number of rotatable bonds is 3. The van der Waals surface area contributed by atoms with Gasteiger partial charge in [0.15, 0.2) is 0 Å². The van der Waals surface area contributed by atoms with Gasteiger partial charge in [0.05, 0.1) is 11.5 Å². The maximum Gasteiger partial charge on any atom is 0.416 e. The number of halogens is 3. The number of alkyl halides is 3. The van der Waals surface area contributed by atoms with Crippen molar-refractivity contribution in [3.8, 4) is 11.1 Å². The molecule has 0 radical (unpaired) electrons. The Balaban J connectivity index is 1.19. The molecular weight excluding hydrogens is 457 g/mol. The highest BCUT2D eigenvalue weighted by Crippen LogP contribution is 2.32. The highest BCUT2D eigenvalue weighted by atomic mass is 19.4. The van der Waals surface area contributed by atoms with Gasteiger partial charge in [0.25, 0.3) is 5.91 Å². The molecule has 2 heterocycles. The highest BCUT2D eigenvalue weighted by molar-refractivity contribution is 5.94. The summed E-state index contributed by atoms with van der Waals surface area (Å²) in [7, 11) is 0. The first-order valence-electron chi connectivity index (χ1n) is 12.2. The third-order valence-electron chi connectivity index (χ3n) is 7.38. The Kier molecular flexibility index (Phi) is 6.55. The van der Waals surface area contributed by atoms with Crippen molar-refractivity contribution < 1.29 is 22.8 Å². The largest absolute Gasteiger partial charge is 0.416 e. The Morgan fingerprint density at radius 2 is 1.63 bits per heavy atom. The predicted molar refractivity (Wildman–Crippen MR) is 125 cm³/mol. The fraction of sp³-hybridized carbons (Fsp3) is 0.462. The minimum absolute atomic E-state index is 0.0572. The number of hydrogen-bond donors (Lipinski definition) is 2. The number of hydrogen-bond acceptors (Lipinski definition) is 4. The van der Waals surface area contributed by atoms with Crippen molar-refractivity contribution in [3.05, 3.63) is 59.7 Å². The third-order valence-corrected chi connectivity index (χ3v) is 7.38. The number of piperazine rings is 1. The van der Waals surface area contributed by atoms with Crippen molar-refractivity contribution in [3.63, 3.8) is 0 Å². The molecule has 2 aromatic rings. The molecule has 6 nitrogen and oxygen atoms in total. The van der Waals surface area contributed by atoms with Gasteiger partial charge in [0.2, 0.25) is 5.91 Å². The van der Waals surface area contributed by atoms with Gasteiger partial charge in [-0.25, -0.2) is 0 Å². The van der Waals surface area contributed by atoms with Crippen LogP contribution in [0.1, 0.15) is 41.6 Å². The van der Waals surface area contributed by atoms with Crippen molar-refractivity contribution in [2.45, 2.75) is 44.2 Å². The predicted octanol–water partition coefficient (Wildman–Crippen LogP) is 3.69. The zero-order chi connectivity index (χ0) is 24.6. The molecule has 3 aliphatic rings. The fourth-order valence-corrected chi connectivity index (χ4v) is 5.37. The molecule has 186 valence electrons. The van der Waals surface area contributed by atoms with Crippen molar-refractivity contribution in [2.24, 2.45) is 5.92 Å². The van der Waals surface area contributed by atoms with Crippen LogP contribution in [0.3, 0.4) is 0 Å². The number of amides is 2. The van der Waals surface area contributed by atoms with E-state index in [0.29, 0.717) is 42.9 Å². The summed E-state index contributed by atoms with van der Waals surface area (Å²) in [5.41, 5.74) is 0.881. The van der Waals surface area contributed by atoms with Crippen LogP contribution in [0.15, 0.2) is 48.5 Å². The summed E-state index contributed by atoms with van der Waals surface area (Å²) in [5, 5.41) is 6.68. The van der Waals surface area contributed by atoms with Gasteiger partial charge < -0.3 is 10.2 Å². The van der Waals surface area contributed by atoms with Gasteiger partial charge in [-0.15, -0.1) is 0 Å². The average molecular weight is 487 g/mol. The molecule has 3 unspecified atom stereocenters. The van der Waals surface area contributed by atoms with Gasteiger partial charge >= 0.3 is 6.18 Å². The Morgan fingerprint density at radius 3 is 2.34 bits per heavy atom. The number of benzene rings is 2. The molecule has 0 bridgehead atoms.